The van der Waals surface area contributed by atoms with Crippen LogP contribution in [-0.2, 0) is 6.54 Å². The molecular weight excluding hydrogens is 200 g/mol. The molecule has 1 aliphatic rings. The van der Waals surface area contributed by atoms with Gasteiger partial charge < -0.3 is 10.2 Å². The Labute approximate surface area is 94.8 Å². The maximum absolute atomic E-state index is 5.73. The molecule has 1 aliphatic heterocycles. The Kier molecular flexibility index (Phi) is 2.33. The minimum Gasteiger partial charge on any atom is -0.464 e. The van der Waals surface area contributed by atoms with Gasteiger partial charge in [-0.15, -0.1) is 0 Å². The van der Waals surface area contributed by atoms with Crippen LogP contribution in [0.3, 0.4) is 0 Å². The standard InChI is InChI=1S/C13H16N2O/c14-11-3-4-12-10(9-16-13(12)7-11)8-15-5-1-2-6-15/h3-4,7,9H,1-2,5-6,8,14H2. The molecule has 2 N–H and O–H groups in total. The van der Waals surface area contributed by atoms with Crippen molar-refractivity contribution in [2.24, 2.45) is 0 Å². The molecular formula is C13H16N2O. The SMILES string of the molecule is Nc1ccc2c(CN3CCCC3)coc2c1. The third kappa shape index (κ3) is 1.67. The van der Waals surface area contributed by atoms with E-state index in [1.54, 1.807) is 0 Å². The summed E-state index contributed by atoms with van der Waals surface area (Å²) in [6, 6.07) is 5.88. The molecule has 1 saturated heterocycles. The number of hydrogen-bond donors (Lipinski definition) is 1. The van der Waals surface area contributed by atoms with Crippen LogP contribution in [0.4, 0.5) is 5.69 Å². The molecule has 2 heterocycles. The van der Waals surface area contributed by atoms with Crippen LogP contribution >= 0.6 is 0 Å². The van der Waals surface area contributed by atoms with E-state index >= 15 is 0 Å². The summed E-state index contributed by atoms with van der Waals surface area (Å²) in [6.45, 7) is 3.42. The fourth-order valence-corrected chi connectivity index (χ4v) is 2.40. The van der Waals surface area contributed by atoms with E-state index in [2.05, 4.69) is 11.0 Å². The maximum atomic E-state index is 5.73. The van der Waals surface area contributed by atoms with Crippen molar-refractivity contribution in [1.82, 2.24) is 4.90 Å². The van der Waals surface area contributed by atoms with Crippen molar-refractivity contribution in [3.05, 3.63) is 30.0 Å². The highest BCUT2D eigenvalue weighted by Crippen LogP contribution is 2.25. The molecule has 0 bridgehead atoms. The predicted molar refractivity (Wildman–Crippen MR) is 65.1 cm³/mol. The number of rotatable bonds is 2. The summed E-state index contributed by atoms with van der Waals surface area (Å²) in [7, 11) is 0. The van der Waals surface area contributed by atoms with Crippen molar-refractivity contribution in [2.75, 3.05) is 18.8 Å². The van der Waals surface area contributed by atoms with Gasteiger partial charge in [-0.1, -0.05) is 0 Å². The van der Waals surface area contributed by atoms with Gasteiger partial charge in [0.1, 0.15) is 5.58 Å². The molecule has 1 aromatic carbocycles. The normalized spacial score (nSPS) is 17.2. The number of anilines is 1. The Balaban J connectivity index is 1.91. The second-order valence-electron chi connectivity index (χ2n) is 4.50. The second-order valence-corrected chi connectivity index (χ2v) is 4.50. The summed E-state index contributed by atoms with van der Waals surface area (Å²) < 4.78 is 5.53. The molecule has 2 aromatic rings. The van der Waals surface area contributed by atoms with Gasteiger partial charge in [0.2, 0.25) is 0 Å². The number of nitrogen functional groups attached to an aromatic ring is 1. The molecule has 3 rings (SSSR count). The third-order valence-electron chi connectivity index (χ3n) is 3.27. The smallest absolute Gasteiger partial charge is 0.136 e. The first kappa shape index (κ1) is 9.73. The first-order valence-corrected chi connectivity index (χ1v) is 5.81. The molecule has 0 radical (unpaired) electrons. The van der Waals surface area contributed by atoms with Crippen LogP contribution in [0, 0.1) is 0 Å². The van der Waals surface area contributed by atoms with E-state index in [1.165, 1.54) is 36.9 Å². The van der Waals surface area contributed by atoms with E-state index < -0.39 is 0 Å². The number of fused-ring (bicyclic) bond motifs is 1. The van der Waals surface area contributed by atoms with Gasteiger partial charge in [-0.3, -0.25) is 4.90 Å². The van der Waals surface area contributed by atoms with Crippen molar-refractivity contribution < 1.29 is 4.42 Å². The molecule has 0 spiro atoms. The van der Waals surface area contributed by atoms with Gasteiger partial charge in [0.05, 0.1) is 6.26 Å². The molecule has 0 aliphatic carbocycles. The monoisotopic (exact) mass is 216 g/mol. The molecule has 16 heavy (non-hydrogen) atoms. The van der Waals surface area contributed by atoms with Crippen molar-refractivity contribution >= 4 is 16.7 Å². The molecule has 1 fully saturated rings. The van der Waals surface area contributed by atoms with Crippen molar-refractivity contribution in [3.8, 4) is 0 Å². The number of furan rings is 1. The van der Waals surface area contributed by atoms with Crippen LogP contribution in [-0.4, -0.2) is 18.0 Å². The minimum absolute atomic E-state index is 0.759. The Hall–Kier alpha value is -1.48. The average molecular weight is 216 g/mol. The Bertz CT molecular complexity index is 498. The topological polar surface area (TPSA) is 42.4 Å². The van der Waals surface area contributed by atoms with Crippen LogP contribution in [0.1, 0.15) is 18.4 Å². The van der Waals surface area contributed by atoms with Gasteiger partial charge in [0.25, 0.3) is 0 Å². The van der Waals surface area contributed by atoms with E-state index in [1.807, 2.05) is 18.4 Å². The van der Waals surface area contributed by atoms with Gasteiger partial charge in [-0.2, -0.15) is 0 Å². The van der Waals surface area contributed by atoms with E-state index in [0.29, 0.717) is 0 Å². The van der Waals surface area contributed by atoms with E-state index in [-0.39, 0.29) is 0 Å². The number of hydrogen-bond acceptors (Lipinski definition) is 3. The summed E-state index contributed by atoms with van der Waals surface area (Å²) in [6.07, 6.45) is 4.51. The third-order valence-corrected chi connectivity index (χ3v) is 3.27. The maximum Gasteiger partial charge on any atom is 0.136 e. The van der Waals surface area contributed by atoms with Crippen molar-refractivity contribution in [2.45, 2.75) is 19.4 Å². The molecule has 0 atom stereocenters. The fourth-order valence-electron chi connectivity index (χ4n) is 2.40. The summed E-state index contributed by atoms with van der Waals surface area (Å²) in [4.78, 5) is 2.47. The van der Waals surface area contributed by atoms with Crippen molar-refractivity contribution in [1.29, 1.82) is 0 Å². The van der Waals surface area contributed by atoms with E-state index in [4.69, 9.17) is 10.2 Å². The lowest BCUT2D eigenvalue weighted by Gasteiger charge is -2.12. The summed E-state index contributed by atoms with van der Waals surface area (Å²) in [5.74, 6) is 0. The lowest BCUT2D eigenvalue weighted by atomic mass is 10.1. The number of nitrogens with zero attached hydrogens (tertiary/aromatic N) is 1. The molecule has 0 amide bonds. The van der Waals surface area contributed by atoms with E-state index in [0.717, 1.165) is 17.8 Å². The van der Waals surface area contributed by atoms with Crippen LogP contribution in [0.2, 0.25) is 0 Å². The first-order chi connectivity index (χ1) is 7.83. The van der Waals surface area contributed by atoms with Gasteiger partial charge >= 0.3 is 0 Å². The molecule has 0 unspecified atom stereocenters. The molecule has 84 valence electrons. The summed E-state index contributed by atoms with van der Waals surface area (Å²) in [5.41, 5.74) is 8.66. The zero-order chi connectivity index (χ0) is 11.0. The Morgan fingerprint density at radius 1 is 1.25 bits per heavy atom. The molecule has 3 heteroatoms. The Morgan fingerprint density at radius 2 is 2.06 bits per heavy atom. The van der Waals surface area contributed by atoms with E-state index in [9.17, 15) is 0 Å². The highest BCUT2D eigenvalue weighted by atomic mass is 16.3. The zero-order valence-electron chi connectivity index (χ0n) is 9.28. The largest absolute Gasteiger partial charge is 0.464 e. The fraction of sp³-hybridized carbons (Fsp3) is 0.385. The average Bonchev–Trinajstić information content (AvgIpc) is 2.89. The number of nitrogens with two attached hydrogens (primary N) is 1. The van der Waals surface area contributed by atoms with Crippen LogP contribution < -0.4 is 5.73 Å². The molecule has 0 saturated carbocycles. The lowest BCUT2D eigenvalue weighted by Crippen LogP contribution is -2.17. The zero-order valence-corrected chi connectivity index (χ0v) is 9.28. The second kappa shape index (κ2) is 3.83. The number of benzene rings is 1. The molecule has 1 aromatic heterocycles. The van der Waals surface area contributed by atoms with Crippen LogP contribution in [0.25, 0.3) is 11.0 Å². The first-order valence-electron chi connectivity index (χ1n) is 5.81. The van der Waals surface area contributed by atoms with Gasteiger partial charge in [0, 0.05) is 29.2 Å². The van der Waals surface area contributed by atoms with Crippen LogP contribution in [0.15, 0.2) is 28.9 Å². The van der Waals surface area contributed by atoms with Gasteiger partial charge in [-0.25, -0.2) is 0 Å². The summed E-state index contributed by atoms with van der Waals surface area (Å²) in [5, 5.41) is 1.20. The predicted octanol–water partition coefficient (Wildman–Crippen LogP) is 2.61. The van der Waals surface area contributed by atoms with Crippen molar-refractivity contribution in [3.63, 3.8) is 0 Å². The highest BCUT2D eigenvalue weighted by molar-refractivity contribution is 5.83. The molecule has 3 nitrogen and oxygen atoms in total. The van der Waals surface area contributed by atoms with Gasteiger partial charge in [-0.05, 0) is 38.1 Å². The quantitative estimate of drug-likeness (QED) is 0.785. The highest BCUT2D eigenvalue weighted by Gasteiger charge is 2.14. The minimum atomic E-state index is 0.759. The summed E-state index contributed by atoms with van der Waals surface area (Å²) >= 11 is 0. The lowest BCUT2D eigenvalue weighted by molar-refractivity contribution is 0.331. The number of likely N-dealkylation sites (tertiary alicyclic amines) is 1. The van der Waals surface area contributed by atoms with Crippen LogP contribution in [0.5, 0.6) is 0 Å². The Morgan fingerprint density at radius 3 is 2.88 bits per heavy atom. The van der Waals surface area contributed by atoms with Gasteiger partial charge in [0.15, 0.2) is 0 Å².